The predicted molar refractivity (Wildman–Crippen MR) is 123 cm³/mol. The van der Waals surface area contributed by atoms with Gasteiger partial charge in [0, 0.05) is 30.5 Å². The Kier molecular flexibility index (Phi) is 6.31. The van der Waals surface area contributed by atoms with E-state index < -0.39 is 6.10 Å². The van der Waals surface area contributed by atoms with Crippen molar-refractivity contribution in [2.75, 3.05) is 28.6 Å². The molecule has 1 aliphatic heterocycles. The van der Waals surface area contributed by atoms with Crippen molar-refractivity contribution < 1.29 is 9.53 Å². The fraction of sp³-hybridized carbons (Fsp3) is 0.292. The first-order chi connectivity index (χ1) is 15.1. The van der Waals surface area contributed by atoms with Crippen molar-refractivity contribution in [3.8, 4) is 5.75 Å². The number of amides is 1. The van der Waals surface area contributed by atoms with Crippen molar-refractivity contribution >= 4 is 28.9 Å². The average Bonchev–Trinajstić information content (AvgIpc) is 3.30. The average molecular weight is 418 g/mol. The number of nitrogens with zero attached hydrogens (tertiary/aromatic N) is 3. The van der Waals surface area contributed by atoms with Crippen LogP contribution >= 0.6 is 0 Å². The predicted octanol–water partition coefficient (Wildman–Crippen LogP) is 4.53. The minimum Gasteiger partial charge on any atom is -0.481 e. The molecule has 1 aliphatic rings. The molecule has 1 fully saturated rings. The molecule has 0 saturated carbocycles. The summed E-state index contributed by atoms with van der Waals surface area (Å²) in [6.07, 6.45) is 1.80. The zero-order valence-electron chi connectivity index (χ0n) is 17.8. The number of anilines is 4. The van der Waals surface area contributed by atoms with Crippen molar-refractivity contribution in [1.82, 2.24) is 9.97 Å². The number of nitrogens with one attached hydrogen (secondary N) is 2. The molecule has 0 bridgehead atoms. The number of aryl methyl sites for hydroxylation is 1. The molecule has 160 valence electrons. The third-order valence-electron chi connectivity index (χ3n) is 5.10. The van der Waals surface area contributed by atoms with E-state index in [0.717, 1.165) is 36.2 Å². The summed E-state index contributed by atoms with van der Waals surface area (Å²) >= 11 is 0. The minimum atomic E-state index is -0.604. The lowest BCUT2D eigenvalue weighted by atomic mass is 10.2. The summed E-state index contributed by atoms with van der Waals surface area (Å²) in [6, 6.07) is 18.8. The highest BCUT2D eigenvalue weighted by Gasteiger charge is 2.16. The van der Waals surface area contributed by atoms with Crippen molar-refractivity contribution in [2.24, 2.45) is 0 Å². The number of hydrogen-bond acceptors (Lipinski definition) is 6. The van der Waals surface area contributed by atoms with Gasteiger partial charge in [-0.05, 0) is 63.1 Å². The van der Waals surface area contributed by atoms with Crippen molar-refractivity contribution in [2.45, 2.75) is 32.8 Å². The summed E-state index contributed by atoms with van der Waals surface area (Å²) in [6.45, 7) is 5.71. The zero-order chi connectivity index (χ0) is 21.6. The van der Waals surface area contributed by atoms with Gasteiger partial charge in [0.2, 0.25) is 0 Å². The number of benzene rings is 2. The Morgan fingerprint density at radius 2 is 1.68 bits per heavy atom. The van der Waals surface area contributed by atoms with E-state index in [1.807, 2.05) is 67.6 Å². The molecule has 2 N–H and O–H groups in total. The van der Waals surface area contributed by atoms with Gasteiger partial charge in [-0.2, -0.15) is 0 Å². The van der Waals surface area contributed by atoms with Gasteiger partial charge < -0.3 is 20.3 Å². The van der Waals surface area contributed by atoms with E-state index in [2.05, 4.69) is 25.5 Å². The van der Waals surface area contributed by atoms with Crippen LogP contribution in [0, 0.1) is 6.92 Å². The molecule has 3 aromatic rings. The second-order valence-corrected chi connectivity index (χ2v) is 7.62. The second kappa shape index (κ2) is 9.47. The highest BCUT2D eigenvalue weighted by molar-refractivity contribution is 5.94. The maximum atomic E-state index is 12.4. The minimum absolute atomic E-state index is 0.203. The van der Waals surface area contributed by atoms with E-state index >= 15 is 0 Å². The van der Waals surface area contributed by atoms with E-state index in [-0.39, 0.29) is 5.91 Å². The van der Waals surface area contributed by atoms with E-state index in [9.17, 15) is 4.79 Å². The van der Waals surface area contributed by atoms with Crippen LogP contribution in [0.4, 0.5) is 23.0 Å². The smallest absolute Gasteiger partial charge is 0.265 e. The number of hydrogen-bond donors (Lipinski definition) is 2. The summed E-state index contributed by atoms with van der Waals surface area (Å²) in [4.78, 5) is 23.8. The molecule has 31 heavy (non-hydrogen) atoms. The third-order valence-corrected chi connectivity index (χ3v) is 5.10. The molecule has 1 aromatic heterocycles. The van der Waals surface area contributed by atoms with Crippen LogP contribution in [-0.2, 0) is 4.79 Å². The normalized spacial score (nSPS) is 14.2. The molecule has 7 nitrogen and oxygen atoms in total. The standard InChI is InChI=1S/C24H27N5O2/c1-17(31-21-8-4-3-5-9-21)24(30)28-20-12-10-19(11-13-20)27-22-16-23(26-18(2)25-22)29-14-6-7-15-29/h3-5,8-13,16-17H,6-7,14-15H2,1-2H3,(H,28,30)(H,25,26,27). The number of carbonyl (C=O) groups excluding carboxylic acids is 1. The lowest BCUT2D eigenvalue weighted by Gasteiger charge is -2.18. The number of rotatable bonds is 7. The van der Waals surface area contributed by atoms with Gasteiger partial charge in [0.1, 0.15) is 23.2 Å². The molecular formula is C24H27N5O2. The molecule has 2 aromatic carbocycles. The molecule has 0 radical (unpaired) electrons. The Morgan fingerprint density at radius 3 is 2.39 bits per heavy atom. The lowest BCUT2D eigenvalue weighted by Crippen LogP contribution is -2.30. The van der Waals surface area contributed by atoms with Crippen LogP contribution in [0.25, 0.3) is 0 Å². The van der Waals surface area contributed by atoms with Crippen LogP contribution in [0.5, 0.6) is 5.75 Å². The van der Waals surface area contributed by atoms with Crippen LogP contribution in [0.2, 0.25) is 0 Å². The largest absolute Gasteiger partial charge is 0.481 e. The first-order valence-electron chi connectivity index (χ1n) is 10.6. The molecule has 1 atom stereocenters. The van der Waals surface area contributed by atoms with Crippen molar-refractivity contribution in [3.05, 3.63) is 66.5 Å². The monoisotopic (exact) mass is 417 g/mol. The van der Waals surface area contributed by atoms with E-state index in [1.54, 1.807) is 6.92 Å². The fourth-order valence-electron chi connectivity index (χ4n) is 3.51. The molecule has 0 aliphatic carbocycles. The van der Waals surface area contributed by atoms with Crippen LogP contribution < -0.4 is 20.3 Å². The van der Waals surface area contributed by atoms with Crippen LogP contribution in [0.3, 0.4) is 0 Å². The van der Waals surface area contributed by atoms with Gasteiger partial charge in [-0.15, -0.1) is 0 Å². The maximum absolute atomic E-state index is 12.4. The Morgan fingerprint density at radius 1 is 1.00 bits per heavy atom. The number of carbonyl (C=O) groups is 1. The molecule has 1 unspecified atom stereocenters. The van der Waals surface area contributed by atoms with Crippen molar-refractivity contribution in [3.63, 3.8) is 0 Å². The fourth-order valence-corrected chi connectivity index (χ4v) is 3.51. The van der Waals surface area contributed by atoms with E-state index in [1.165, 1.54) is 12.8 Å². The second-order valence-electron chi connectivity index (χ2n) is 7.62. The van der Waals surface area contributed by atoms with Gasteiger partial charge in [0.25, 0.3) is 5.91 Å². The lowest BCUT2D eigenvalue weighted by molar-refractivity contribution is -0.122. The summed E-state index contributed by atoms with van der Waals surface area (Å²) in [5.74, 6) is 2.92. The van der Waals surface area contributed by atoms with Gasteiger partial charge in [0.15, 0.2) is 6.10 Å². The Hall–Kier alpha value is -3.61. The third kappa shape index (κ3) is 5.51. The quantitative estimate of drug-likeness (QED) is 0.588. The molecular weight excluding hydrogens is 390 g/mol. The summed E-state index contributed by atoms with van der Waals surface area (Å²) in [5, 5.41) is 6.21. The van der Waals surface area contributed by atoms with Gasteiger partial charge in [-0.3, -0.25) is 4.79 Å². The van der Waals surface area contributed by atoms with E-state index in [0.29, 0.717) is 11.4 Å². The molecule has 7 heteroatoms. The summed E-state index contributed by atoms with van der Waals surface area (Å²) in [5.41, 5.74) is 1.59. The van der Waals surface area contributed by atoms with E-state index in [4.69, 9.17) is 4.74 Å². The van der Waals surface area contributed by atoms with Gasteiger partial charge >= 0.3 is 0 Å². The highest BCUT2D eigenvalue weighted by Crippen LogP contribution is 2.23. The number of para-hydroxylation sites is 1. The molecule has 1 saturated heterocycles. The molecule has 1 amide bonds. The SMILES string of the molecule is Cc1nc(Nc2ccc(NC(=O)C(C)Oc3ccccc3)cc2)cc(N2CCCC2)n1. The van der Waals surface area contributed by atoms with Crippen LogP contribution in [0.15, 0.2) is 60.7 Å². The summed E-state index contributed by atoms with van der Waals surface area (Å²) < 4.78 is 5.67. The van der Waals surface area contributed by atoms with Gasteiger partial charge in [-0.1, -0.05) is 18.2 Å². The van der Waals surface area contributed by atoms with Crippen molar-refractivity contribution in [1.29, 1.82) is 0 Å². The maximum Gasteiger partial charge on any atom is 0.265 e. The Labute approximate surface area is 182 Å². The topological polar surface area (TPSA) is 79.4 Å². The molecule has 2 heterocycles. The first kappa shape index (κ1) is 20.7. The summed E-state index contributed by atoms with van der Waals surface area (Å²) in [7, 11) is 0. The highest BCUT2D eigenvalue weighted by atomic mass is 16.5. The number of aromatic nitrogens is 2. The molecule has 0 spiro atoms. The Bertz CT molecular complexity index is 1020. The number of ether oxygens (including phenoxy) is 1. The van der Waals surface area contributed by atoms with Crippen LogP contribution in [-0.4, -0.2) is 35.1 Å². The first-order valence-corrected chi connectivity index (χ1v) is 10.6. The Balaban J connectivity index is 1.36. The zero-order valence-corrected chi connectivity index (χ0v) is 17.8. The van der Waals surface area contributed by atoms with Gasteiger partial charge in [-0.25, -0.2) is 9.97 Å². The van der Waals surface area contributed by atoms with Gasteiger partial charge in [0.05, 0.1) is 0 Å². The molecule has 4 rings (SSSR count). The van der Waals surface area contributed by atoms with Crippen LogP contribution in [0.1, 0.15) is 25.6 Å².